The maximum Gasteiger partial charge on any atom is 0.244 e. The van der Waals surface area contributed by atoms with E-state index in [1.54, 1.807) is 17.5 Å². The van der Waals surface area contributed by atoms with Crippen LogP contribution in [-0.4, -0.2) is 32.9 Å². The molecule has 2 aliphatic rings. The van der Waals surface area contributed by atoms with E-state index in [1.807, 2.05) is 29.4 Å². The van der Waals surface area contributed by atoms with Crippen LogP contribution in [0.5, 0.6) is 0 Å². The van der Waals surface area contributed by atoms with Gasteiger partial charge in [0.05, 0.1) is 10.4 Å². The highest BCUT2D eigenvalue weighted by Gasteiger charge is 2.51. The van der Waals surface area contributed by atoms with E-state index in [4.69, 9.17) is 0 Å². The lowest BCUT2D eigenvalue weighted by molar-refractivity contribution is -0.134. The van der Waals surface area contributed by atoms with Gasteiger partial charge in [-0.05, 0) is 31.9 Å². The van der Waals surface area contributed by atoms with Crippen molar-refractivity contribution < 1.29 is 4.79 Å². The third-order valence-electron chi connectivity index (χ3n) is 5.14. The molecule has 6 heteroatoms. The third-order valence-corrected chi connectivity index (χ3v) is 6.24. The number of pyridine rings is 1. The number of hydrogen-bond acceptors (Lipinski definition) is 5. The molecule has 126 valence electrons. The van der Waals surface area contributed by atoms with Gasteiger partial charge in [0.1, 0.15) is 11.2 Å². The van der Waals surface area contributed by atoms with Gasteiger partial charge in [-0.2, -0.15) is 0 Å². The summed E-state index contributed by atoms with van der Waals surface area (Å²) in [5, 5.41) is 4.62. The lowest BCUT2D eigenvalue weighted by atomic mass is 9.82. The van der Waals surface area contributed by atoms with Gasteiger partial charge >= 0.3 is 0 Å². The van der Waals surface area contributed by atoms with E-state index < -0.39 is 0 Å². The lowest BCUT2D eigenvalue weighted by Crippen LogP contribution is -2.48. The van der Waals surface area contributed by atoms with E-state index in [0.29, 0.717) is 0 Å². The molecule has 1 unspecified atom stereocenters. The molecular weight excluding hydrogens is 320 g/mol. The average molecular weight is 342 g/mol. The molecule has 1 amide bonds. The Balaban J connectivity index is 1.64. The predicted molar refractivity (Wildman–Crippen MR) is 94.4 cm³/mol. The molecular formula is C18H22N4OS. The van der Waals surface area contributed by atoms with Crippen LogP contribution in [-0.2, 0) is 4.79 Å². The molecule has 0 aromatic carbocycles. The molecule has 3 heterocycles. The molecule has 4 rings (SSSR count). The van der Waals surface area contributed by atoms with Crippen LogP contribution in [0.25, 0.3) is 10.6 Å². The number of likely N-dealkylation sites (N-methyl/N-ethyl adjacent to an activating group) is 1. The Morgan fingerprint density at radius 1 is 1.33 bits per heavy atom. The molecule has 1 spiro atoms. The number of nitrogens with zero attached hydrogens (tertiary/aromatic N) is 3. The molecule has 0 bridgehead atoms. The fraction of sp³-hybridized carbons (Fsp3) is 0.500. The SMILES string of the molecule is CCN1C(=O)C2(CCCCC2)NC1c1cnc(-c2cccnc2)s1. The zero-order valence-corrected chi connectivity index (χ0v) is 14.7. The number of carbonyl (C=O) groups is 1. The normalized spacial score (nSPS) is 23.1. The van der Waals surface area contributed by atoms with Crippen LogP contribution in [0.15, 0.2) is 30.7 Å². The Kier molecular flexibility index (Phi) is 4.10. The Labute approximate surface area is 146 Å². The van der Waals surface area contributed by atoms with Gasteiger partial charge in [0.15, 0.2) is 0 Å². The zero-order valence-electron chi connectivity index (χ0n) is 13.9. The van der Waals surface area contributed by atoms with E-state index in [0.717, 1.165) is 47.7 Å². The number of rotatable bonds is 3. The van der Waals surface area contributed by atoms with Crippen molar-refractivity contribution in [2.45, 2.75) is 50.7 Å². The molecule has 0 radical (unpaired) electrons. The van der Waals surface area contributed by atoms with Crippen LogP contribution >= 0.6 is 11.3 Å². The van der Waals surface area contributed by atoms with Crippen molar-refractivity contribution >= 4 is 17.2 Å². The number of aromatic nitrogens is 2. The first-order valence-corrected chi connectivity index (χ1v) is 9.50. The average Bonchev–Trinajstić information content (AvgIpc) is 3.21. The Morgan fingerprint density at radius 3 is 2.88 bits per heavy atom. The largest absolute Gasteiger partial charge is 0.321 e. The summed E-state index contributed by atoms with van der Waals surface area (Å²) in [5.41, 5.74) is 0.672. The summed E-state index contributed by atoms with van der Waals surface area (Å²) in [6, 6.07) is 3.94. The van der Waals surface area contributed by atoms with Crippen LogP contribution in [0.4, 0.5) is 0 Å². The molecule has 2 aromatic rings. The minimum absolute atomic E-state index is 0.0523. The van der Waals surface area contributed by atoms with E-state index in [9.17, 15) is 4.79 Å². The molecule has 2 fully saturated rings. The van der Waals surface area contributed by atoms with Crippen molar-refractivity contribution in [3.8, 4) is 10.6 Å². The summed E-state index contributed by atoms with van der Waals surface area (Å²) in [6.07, 6.45) is 10.8. The van der Waals surface area contributed by atoms with Crippen LogP contribution < -0.4 is 5.32 Å². The summed E-state index contributed by atoms with van der Waals surface area (Å²) >= 11 is 1.64. The standard InChI is InChI=1S/C18H22N4OS/c1-2-22-15(21-18(17(22)23)8-4-3-5-9-18)14-12-20-16(24-14)13-7-6-10-19-11-13/h6-7,10-12,15,21H,2-5,8-9H2,1H3. The van der Waals surface area contributed by atoms with Crippen molar-refractivity contribution in [3.63, 3.8) is 0 Å². The summed E-state index contributed by atoms with van der Waals surface area (Å²) in [6.45, 7) is 2.77. The number of nitrogens with one attached hydrogen (secondary N) is 1. The number of thiazole rings is 1. The highest BCUT2D eigenvalue weighted by atomic mass is 32.1. The third kappa shape index (κ3) is 2.54. The molecule has 1 saturated heterocycles. The molecule has 2 aromatic heterocycles. The predicted octanol–water partition coefficient (Wildman–Crippen LogP) is 3.36. The number of amides is 1. The molecule has 1 saturated carbocycles. The van der Waals surface area contributed by atoms with E-state index in [1.165, 1.54) is 6.42 Å². The number of hydrogen-bond donors (Lipinski definition) is 1. The molecule has 1 atom stereocenters. The van der Waals surface area contributed by atoms with Gasteiger partial charge in [-0.25, -0.2) is 4.98 Å². The van der Waals surface area contributed by atoms with Gasteiger partial charge in [0.25, 0.3) is 0 Å². The van der Waals surface area contributed by atoms with Crippen LogP contribution in [0.2, 0.25) is 0 Å². The maximum atomic E-state index is 13.0. The Morgan fingerprint density at radius 2 is 2.17 bits per heavy atom. The summed E-state index contributed by atoms with van der Waals surface area (Å²) < 4.78 is 0. The molecule has 1 aliphatic heterocycles. The van der Waals surface area contributed by atoms with Crippen molar-refractivity contribution in [1.29, 1.82) is 0 Å². The minimum atomic E-state index is -0.350. The highest BCUT2D eigenvalue weighted by molar-refractivity contribution is 7.15. The number of carbonyl (C=O) groups excluding carboxylic acids is 1. The first kappa shape index (κ1) is 15.7. The minimum Gasteiger partial charge on any atom is -0.321 e. The van der Waals surface area contributed by atoms with Crippen LogP contribution in [0, 0.1) is 0 Å². The van der Waals surface area contributed by atoms with Gasteiger partial charge in [0, 0.05) is 30.7 Å². The summed E-state index contributed by atoms with van der Waals surface area (Å²) in [5.74, 6) is 0.269. The topological polar surface area (TPSA) is 58.1 Å². The maximum absolute atomic E-state index is 13.0. The Bertz CT molecular complexity index is 724. The molecule has 1 N–H and O–H groups in total. The van der Waals surface area contributed by atoms with Crippen molar-refractivity contribution in [3.05, 3.63) is 35.6 Å². The Hall–Kier alpha value is -1.79. The van der Waals surface area contributed by atoms with Gasteiger partial charge in [-0.1, -0.05) is 19.3 Å². The van der Waals surface area contributed by atoms with Gasteiger partial charge in [0.2, 0.25) is 5.91 Å². The van der Waals surface area contributed by atoms with Gasteiger partial charge in [-0.15, -0.1) is 11.3 Å². The second-order valence-electron chi connectivity index (χ2n) is 6.59. The van der Waals surface area contributed by atoms with Crippen molar-refractivity contribution in [2.75, 3.05) is 6.54 Å². The molecule has 1 aliphatic carbocycles. The van der Waals surface area contributed by atoms with E-state index in [2.05, 4.69) is 22.2 Å². The monoisotopic (exact) mass is 342 g/mol. The molecule has 24 heavy (non-hydrogen) atoms. The smallest absolute Gasteiger partial charge is 0.244 e. The van der Waals surface area contributed by atoms with Gasteiger partial charge in [-0.3, -0.25) is 15.1 Å². The van der Waals surface area contributed by atoms with E-state index >= 15 is 0 Å². The van der Waals surface area contributed by atoms with Crippen LogP contribution in [0.3, 0.4) is 0 Å². The first-order valence-electron chi connectivity index (χ1n) is 8.68. The van der Waals surface area contributed by atoms with Crippen LogP contribution in [0.1, 0.15) is 50.1 Å². The summed E-state index contributed by atoms with van der Waals surface area (Å²) in [7, 11) is 0. The lowest BCUT2D eigenvalue weighted by Gasteiger charge is -2.31. The van der Waals surface area contributed by atoms with Crippen molar-refractivity contribution in [2.24, 2.45) is 0 Å². The quantitative estimate of drug-likeness (QED) is 0.929. The fourth-order valence-electron chi connectivity index (χ4n) is 3.89. The second-order valence-corrected chi connectivity index (χ2v) is 7.65. The second kappa shape index (κ2) is 6.26. The first-order chi connectivity index (χ1) is 11.7. The fourth-order valence-corrected chi connectivity index (χ4v) is 4.86. The summed E-state index contributed by atoms with van der Waals surface area (Å²) in [4.78, 5) is 24.8. The van der Waals surface area contributed by atoms with Gasteiger partial charge < -0.3 is 4.90 Å². The van der Waals surface area contributed by atoms with Crippen molar-refractivity contribution in [1.82, 2.24) is 20.2 Å². The molecule has 5 nitrogen and oxygen atoms in total. The van der Waals surface area contributed by atoms with E-state index in [-0.39, 0.29) is 17.6 Å². The zero-order chi connectivity index (χ0) is 16.6. The highest BCUT2D eigenvalue weighted by Crippen LogP contribution is 2.41.